The van der Waals surface area contributed by atoms with Crippen molar-refractivity contribution in [3.05, 3.63) is 23.5 Å². The summed E-state index contributed by atoms with van der Waals surface area (Å²) in [6.45, 7) is 3.41. The van der Waals surface area contributed by atoms with Crippen LogP contribution in [0.3, 0.4) is 0 Å². The van der Waals surface area contributed by atoms with Crippen LogP contribution in [0.25, 0.3) is 0 Å². The van der Waals surface area contributed by atoms with Crippen molar-refractivity contribution in [2.45, 2.75) is 25.2 Å². The van der Waals surface area contributed by atoms with E-state index in [2.05, 4.69) is 4.98 Å². The standard InChI is InChI=1S/C10H12N2O2S/c1-3-8-5-6-12-9(7-11)10(8)15(13,14)4-2/h5-6H,3-4H2,1-2H3. The van der Waals surface area contributed by atoms with Gasteiger partial charge < -0.3 is 0 Å². The van der Waals surface area contributed by atoms with Crippen LogP contribution >= 0.6 is 0 Å². The number of sulfone groups is 1. The molecule has 0 bridgehead atoms. The second-order valence-corrected chi connectivity index (χ2v) is 5.23. The molecule has 0 atom stereocenters. The first-order valence-electron chi connectivity index (χ1n) is 4.67. The van der Waals surface area contributed by atoms with Gasteiger partial charge in [0.05, 0.1) is 5.75 Å². The lowest BCUT2D eigenvalue weighted by molar-refractivity contribution is 0.595. The van der Waals surface area contributed by atoms with Crippen molar-refractivity contribution in [1.29, 1.82) is 5.26 Å². The van der Waals surface area contributed by atoms with Crippen LogP contribution < -0.4 is 0 Å². The largest absolute Gasteiger partial charge is 0.244 e. The summed E-state index contributed by atoms with van der Waals surface area (Å²) in [5, 5.41) is 8.82. The lowest BCUT2D eigenvalue weighted by atomic mass is 10.2. The molecule has 15 heavy (non-hydrogen) atoms. The quantitative estimate of drug-likeness (QED) is 0.776. The van der Waals surface area contributed by atoms with Gasteiger partial charge in [0.2, 0.25) is 0 Å². The molecule has 0 aromatic carbocycles. The average molecular weight is 224 g/mol. The maximum Gasteiger partial charge on any atom is 0.181 e. The van der Waals surface area contributed by atoms with Crippen molar-refractivity contribution in [2.24, 2.45) is 0 Å². The van der Waals surface area contributed by atoms with Crippen molar-refractivity contribution in [3.8, 4) is 6.07 Å². The van der Waals surface area contributed by atoms with E-state index in [1.165, 1.54) is 6.20 Å². The highest BCUT2D eigenvalue weighted by molar-refractivity contribution is 7.91. The predicted octanol–water partition coefficient (Wildman–Crippen LogP) is 1.31. The first kappa shape index (κ1) is 11.7. The Morgan fingerprint density at radius 2 is 2.13 bits per heavy atom. The smallest absolute Gasteiger partial charge is 0.181 e. The SMILES string of the molecule is CCc1ccnc(C#N)c1S(=O)(=O)CC. The Balaban J connectivity index is 3.58. The molecule has 0 aliphatic rings. The number of nitrogens with zero attached hydrogens (tertiary/aromatic N) is 2. The van der Waals surface area contributed by atoms with Crippen LogP contribution in [0.2, 0.25) is 0 Å². The third-order valence-electron chi connectivity index (χ3n) is 2.16. The first-order valence-corrected chi connectivity index (χ1v) is 6.32. The van der Waals surface area contributed by atoms with Gasteiger partial charge in [0.25, 0.3) is 0 Å². The van der Waals surface area contributed by atoms with Crippen molar-refractivity contribution >= 4 is 9.84 Å². The molecule has 0 spiro atoms. The monoisotopic (exact) mass is 224 g/mol. The minimum Gasteiger partial charge on any atom is -0.244 e. The van der Waals surface area contributed by atoms with Crippen LogP contribution in [-0.2, 0) is 16.3 Å². The third kappa shape index (κ3) is 2.16. The fraction of sp³-hybridized carbons (Fsp3) is 0.400. The minimum atomic E-state index is -3.37. The molecule has 0 radical (unpaired) electrons. The zero-order valence-electron chi connectivity index (χ0n) is 8.69. The highest BCUT2D eigenvalue weighted by atomic mass is 32.2. The number of nitriles is 1. The fourth-order valence-corrected chi connectivity index (χ4v) is 2.63. The van der Waals surface area contributed by atoms with E-state index in [0.717, 1.165) is 0 Å². The summed E-state index contributed by atoms with van der Waals surface area (Å²) in [6, 6.07) is 3.46. The second kappa shape index (κ2) is 4.41. The molecule has 0 N–H and O–H groups in total. The van der Waals surface area contributed by atoms with E-state index in [-0.39, 0.29) is 16.3 Å². The first-order chi connectivity index (χ1) is 7.06. The van der Waals surface area contributed by atoms with Gasteiger partial charge in [-0.15, -0.1) is 0 Å². The number of aromatic nitrogens is 1. The predicted molar refractivity (Wildman–Crippen MR) is 56.1 cm³/mol. The van der Waals surface area contributed by atoms with Crippen LogP contribution in [-0.4, -0.2) is 19.2 Å². The van der Waals surface area contributed by atoms with Crippen molar-refractivity contribution in [1.82, 2.24) is 4.98 Å². The van der Waals surface area contributed by atoms with Gasteiger partial charge >= 0.3 is 0 Å². The van der Waals surface area contributed by atoms with Crippen molar-refractivity contribution < 1.29 is 8.42 Å². The molecule has 1 heterocycles. The zero-order valence-corrected chi connectivity index (χ0v) is 9.50. The maximum absolute atomic E-state index is 11.8. The summed E-state index contributed by atoms with van der Waals surface area (Å²) in [7, 11) is -3.37. The average Bonchev–Trinajstić information content (AvgIpc) is 2.27. The molecular formula is C10H12N2O2S. The Labute approximate surface area is 89.5 Å². The van der Waals surface area contributed by atoms with Gasteiger partial charge in [-0.05, 0) is 18.1 Å². The van der Waals surface area contributed by atoms with Crippen molar-refractivity contribution in [2.75, 3.05) is 5.75 Å². The van der Waals surface area contributed by atoms with Crippen LogP contribution in [0.4, 0.5) is 0 Å². The molecule has 1 aromatic heterocycles. The van der Waals surface area contributed by atoms with Gasteiger partial charge in [-0.25, -0.2) is 13.4 Å². The Morgan fingerprint density at radius 3 is 2.60 bits per heavy atom. The molecule has 80 valence electrons. The number of hydrogen-bond acceptors (Lipinski definition) is 4. The number of hydrogen-bond donors (Lipinski definition) is 0. The van der Waals surface area contributed by atoms with Crippen molar-refractivity contribution in [3.63, 3.8) is 0 Å². The van der Waals surface area contributed by atoms with Gasteiger partial charge in [-0.3, -0.25) is 0 Å². The van der Waals surface area contributed by atoms with Gasteiger partial charge in [0.1, 0.15) is 11.0 Å². The molecule has 5 heteroatoms. The summed E-state index contributed by atoms with van der Waals surface area (Å²) in [5.74, 6) is -0.0135. The van der Waals surface area contributed by atoms with Crippen LogP contribution in [0.15, 0.2) is 17.2 Å². The third-order valence-corrected chi connectivity index (χ3v) is 4.00. The Hall–Kier alpha value is -1.41. The van der Waals surface area contributed by atoms with E-state index in [1.54, 1.807) is 13.0 Å². The molecule has 0 saturated heterocycles. The molecule has 0 amide bonds. The number of aryl methyl sites for hydroxylation is 1. The fourth-order valence-electron chi connectivity index (χ4n) is 1.34. The van der Waals surface area contributed by atoms with Crippen LogP contribution in [0.5, 0.6) is 0 Å². The molecule has 0 unspecified atom stereocenters. The molecule has 0 aliphatic carbocycles. The van der Waals surface area contributed by atoms with Crippen LogP contribution in [0, 0.1) is 11.3 Å². The molecule has 0 aliphatic heterocycles. The second-order valence-electron chi connectivity index (χ2n) is 3.02. The van der Waals surface area contributed by atoms with E-state index in [0.29, 0.717) is 12.0 Å². The zero-order chi connectivity index (χ0) is 11.5. The Kier molecular flexibility index (Phi) is 3.43. The molecular weight excluding hydrogens is 212 g/mol. The van der Waals surface area contributed by atoms with E-state index in [4.69, 9.17) is 5.26 Å². The molecule has 1 aromatic rings. The highest BCUT2D eigenvalue weighted by Gasteiger charge is 2.21. The summed E-state index contributed by atoms with van der Waals surface area (Å²) in [5.41, 5.74) is 0.652. The van der Waals surface area contributed by atoms with E-state index < -0.39 is 9.84 Å². The number of pyridine rings is 1. The van der Waals surface area contributed by atoms with Gasteiger partial charge in [-0.2, -0.15) is 5.26 Å². The number of rotatable bonds is 3. The molecule has 1 rings (SSSR count). The maximum atomic E-state index is 11.8. The normalized spacial score (nSPS) is 11.0. The minimum absolute atomic E-state index is 0.00352. The van der Waals surface area contributed by atoms with Crippen LogP contribution in [0.1, 0.15) is 25.1 Å². The Morgan fingerprint density at radius 1 is 1.47 bits per heavy atom. The lowest BCUT2D eigenvalue weighted by Crippen LogP contribution is -2.10. The van der Waals surface area contributed by atoms with Gasteiger partial charge in [0, 0.05) is 6.20 Å². The molecule has 0 fully saturated rings. The van der Waals surface area contributed by atoms with Gasteiger partial charge in [0.15, 0.2) is 15.5 Å². The summed E-state index contributed by atoms with van der Waals surface area (Å²) in [6.07, 6.45) is 2.04. The molecule has 0 saturated carbocycles. The van der Waals surface area contributed by atoms with Gasteiger partial charge in [-0.1, -0.05) is 13.8 Å². The van der Waals surface area contributed by atoms with E-state index in [9.17, 15) is 8.42 Å². The lowest BCUT2D eigenvalue weighted by Gasteiger charge is -2.07. The molecule has 4 nitrogen and oxygen atoms in total. The topological polar surface area (TPSA) is 70.8 Å². The summed E-state index contributed by atoms with van der Waals surface area (Å²) in [4.78, 5) is 3.87. The Bertz CT molecular complexity index is 501. The summed E-state index contributed by atoms with van der Waals surface area (Å²) >= 11 is 0. The van der Waals surface area contributed by atoms with E-state index in [1.807, 2.05) is 13.0 Å². The highest BCUT2D eigenvalue weighted by Crippen LogP contribution is 2.20. The van der Waals surface area contributed by atoms with E-state index >= 15 is 0 Å². The summed E-state index contributed by atoms with van der Waals surface area (Å²) < 4.78 is 23.5.